The van der Waals surface area contributed by atoms with E-state index in [1.807, 2.05) is 31.2 Å². The molecule has 0 aliphatic carbocycles. The lowest BCUT2D eigenvalue weighted by atomic mass is 10.1. The van der Waals surface area contributed by atoms with E-state index in [0.717, 1.165) is 17.1 Å². The number of carbonyl (C=O) groups excluding carboxylic acids is 1. The molecule has 1 aromatic heterocycles. The van der Waals surface area contributed by atoms with E-state index >= 15 is 0 Å². The van der Waals surface area contributed by atoms with Crippen molar-refractivity contribution in [2.45, 2.75) is 13.8 Å². The van der Waals surface area contributed by atoms with E-state index < -0.39 is 0 Å². The van der Waals surface area contributed by atoms with Crippen LogP contribution in [0.5, 0.6) is 0 Å². The van der Waals surface area contributed by atoms with E-state index in [1.165, 1.54) is 0 Å². The summed E-state index contributed by atoms with van der Waals surface area (Å²) < 4.78 is 0. The Morgan fingerprint density at radius 3 is 2.75 bits per heavy atom. The van der Waals surface area contributed by atoms with Crippen LogP contribution in [0.2, 0.25) is 0 Å². The number of aromatic nitrogens is 2. The highest BCUT2D eigenvalue weighted by Gasteiger charge is 2.03. The van der Waals surface area contributed by atoms with Gasteiger partial charge in [0.1, 0.15) is 5.82 Å². The average molecular weight is 212 g/mol. The Balaban J connectivity index is 2.48. The number of benzene rings is 1. The van der Waals surface area contributed by atoms with Gasteiger partial charge in [0.2, 0.25) is 0 Å². The first-order chi connectivity index (χ1) is 7.66. The van der Waals surface area contributed by atoms with Crippen LogP contribution in [0.3, 0.4) is 0 Å². The molecule has 0 saturated carbocycles. The molecular weight excluding hydrogens is 200 g/mol. The van der Waals surface area contributed by atoms with Crippen molar-refractivity contribution >= 4 is 5.78 Å². The van der Waals surface area contributed by atoms with E-state index in [2.05, 4.69) is 9.97 Å². The zero-order valence-electron chi connectivity index (χ0n) is 9.27. The number of ketones is 1. The lowest BCUT2D eigenvalue weighted by Crippen LogP contribution is -1.94. The second kappa shape index (κ2) is 4.23. The summed E-state index contributed by atoms with van der Waals surface area (Å²) in [7, 11) is 0. The van der Waals surface area contributed by atoms with Crippen molar-refractivity contribution in [1.29, 1.82) is 0 Å². The molecule has 0 radical (unpaired) electrons. The van der Waals surface area contributed by atoms with Gasteiger partial charge in [-0.3, -0.25) is 4.79 Å². The van der Waals surface area contributed by atoms with Crippen LogP contribution in [0, 0.1) is 6.92 Å². The van der Waals surface area contributed by atoms with Gasteiger partial charge >= 0.3 is 0 Å². The lowest BCUT2D eigenvalue weighted by molar-refractivity contribution is 0.101. The normalized spacial score (nSPS) is 10.1. The molecule has 0 amide bonds. The molecule has 2 aromatic rings. The lowest BCUT2D eigenvalue weighted by Gasteiger charge is -2.03. The minimum Gasteiger partial charge on any atom is -0.295 e. The molecule has 0 N–H and O–H groups in total. The molecule has 0 saturated heterocycles. The third kappa shape index (κ3) is 2.14. The van der Waals surface area contributed by atoms with Crippen LogP contribution in [0.1, 0.15) is 23.1 Å². The standard InChI is InChI=1S/C13H12N2O/c1-9(16)11-4-3-5-12(8-11)13-6-7-14-10(2)15-13/h3-8H,1-2H3. The molecule has 0 fully saturated rings. The first-order valence-electron chi connectivity index (χ1n) is 5.08. The van der Waals surface area contributed by atoms with E-state index in [9.17, 15) is 4.79 Å². The Morgan fingerprint density at radius 1 is 1.25 bits per heavy atom. The molecule has 1 aromatic carbocycles. The summed E-state index contributed by atoms with van der Waals surface area (Å²) in [4.78, 5) is 19.6. The number of Topliss-reactive ketones (excluding diaryl/α,β-unsaturated/α-hetero) is 1. The second-order valence-corrected chi connectivity index (χ2v) is 3.63. The van der Waals surface area contributed by atoms with Gasteiger partial charge in [-0.25, -0.2) is 9.97 Å². The fourth-order valence-electron chi connectivity index (χ4n) is 1.51. The molecule has 2 rings (SSSR count). The summed E-state index contributed by atoms with van der Waals surface area (Å²) in [5.74, 6) is 0.790. The van der Waals surface area contributed by atoms with Gasteiger partial charge in [0.25, 0.3) is 0 Å². The number of rotatable bonds is 2. The summed E-state index contributed by atoms with van der Waals surface area (Å²) in [5, 5.41) is 0. The van der Waals surface area contributed by atoms with Gasteiger partial charge in [-0.15, -0.1) is 0 Å². The molecule has 0 aliphatic rings. The highest BCUT2D eigenvalue weighted by atomic mass is 16.1. The van der Waals surface area contributed by atoms with Crippen molar-refractivity contribution < 1.29 is 4.79 Å². The Hall–Kier alpha value is -2.03. The summed E-state index contributed by atoms with van der Waals surface area (Å²) in [6, 6.07) is 9.30. The molecule has 1 heterocycles. The van der Waals surface area contributed by atoms with Gasteiger partial charge in [0, 0.05) is 17.3 Å². The van der Waals surface area contributed by atoms with Crippen LogP contribution in [0.25, 0.3) is 11.3 Å². The molecule has 0 atom stereocenters. The summed E-state index contributed by atoms with van der Waals surface area (Å²) >= 11 is 0. The number of carbonyl (C=O) groups is 1. The Kier molecular flexibility index (Phi) is 2.77. The van der Waals surface area contributed by atoms with Gasteiger partial charge in [0.05, 0.1) is 5.69 Å². The van der Waals surface area contributed by atoms with Gasteiger partial charge in [-0.2, -0.15) is 0 Å². The first-order valence-corrected chi connectivity index (χ1v) is 5.08. The highest BCUT2D eigenvalue weighted by Crippen LogP contribution is 2.18. The molecule has 0 bridgehead atoms. The van der Waals surface area contributed by atoms with E-state index in [1.54, 1.807) is 19.2 Å². The van der Waals surface area contributed by atoms with Gasteiger partial charge in [0.15, 0.2) is 5.78 Å². The topological polar surface area (TPSA) is 42.9 Å². The van der Waals surface area contributed by atoms with Crippen LogP contribution >= 0.6 is 0 Å². The molecule has 0 spiro atoms. The minimum atomic E-state index is 0.0626. The average Bonchev–Trinajstić information content (AvgIpc) is 2.29. The van der Waals surface area contributed by atoms with Crippen molar-refractivity contribution in [3.63, 3.8) is 0 Å². The SMILES string of the molecule is CC(=O)c1cccc(-c2ccnc(C)n2)c1. The van der Waals surface area contributed by atoms with Gasteiger partial charge in [-0.1, -0.05) is 18.2 Å². The van der Waals surface area contributed by atoms with Crippen LogP contribution in [-0.4, -0.2) is 15.8 Å². The predicted octanol–water partition coefficient (Wildman–Crippen LogP) is 2.65. The molecule has 80 valence electrons. The smallest absolute Gasteiger partial charge is 0.159 e. The third-order valence-electron chi connectivity index (χ3n) is 2.34. The van der Waals surface area contributed by atoms with Crippen molar-refractivity contribution in [1.82, 2.24) is 9.97 Å². The Morgan fingerprint density at radius 2 is 2.06 bits per heavy atom. The number of nitrogens with zero attached hydrogens (tertiary/aromatic N) is 2. The van der Waals surface area contributed by atoms with E-state index in [4.69, 9.17) is 0 Å². The third-order valence-corrected chi connectivity index (χ3v) is 2.34. The van der Waals surface area contributed by atoms with Crippen LogP contribution in [0.15, 0.2) is 36.5 Å². The highest BCUT2D eigenvalue weighted by molar-refractivity contribution is 5.95. The van der Waals surface area contributed by atoms with Crippen molar-refractivity contribution in [2.75, 3.05) is 0 Å². The number of hydrogen-bond acceptors (Lipinski definition) is 3. The Bertz CT molecular complexity index is 535. The van der Waals surface area contributed by atoms with Crippen molar-refractivity contribution in [2.24, 2.45) is 0 Å². The van der Waals surface area contributed by atoms with Crippen LogP contribution < -0.4 is 0 Å². The predicted molar refractivity (Wildman–Crippen MR) is 62.2 cm³/mol. The van der Waals surface area contributed by atoms with E-state index in [-0.39, 0.29) is 5.78 Å². The molecule has 0 unspecified atom stereocenters. The Labute approximate surface area is 94.2 Å². The second-order valence-electron chi connectivity index (χ2n) is 3.63. The molecule has 3 heteroatoms. The summed E-state index contributed by atoms with van der Waals surface area (Å²) in [5.41, 5.74) is 2.49. The number of hydrogen-bond donors (Lipinski definition) is 0. The van der Waals surface area contributed by atoms with E-state index in [0.29, 0.717) is 5.56 Å². The zero-order chi connectivity index (χ0) is 11.5. The zero-order valence-corrected chi connectivity index (χ0v) is 9.27. The first kappa shape index (κ1) is 10.5. The molecule has 16 heavy (non-hydrogen) atoms. The maximum Gasteiger partial charge on any atom is 0.159 e. The van der Waals surface area contributed by atoms with Gasteiger partial charge < -0.3 is 0 Å². The monoisotopic (exact) mass is 212 g/mol. The fourth-order valence-corrected chi connectivity index (χ4v) is 1.51. The number of aryl methyl sites for hydroxylation is 1. The summed E-state index contributed by atoms with van der Waals surface area (Å²) in [6.07, 6.45) is 1.72. The maximum absolute atomic E-state index is 11.3. The quantitative estimate of drug-likeness (QED) is 0.719. The fraction of sp³-hybridized carbons (Fsp3) is 0.154. The molecule has 0 aliphatic heterocycles. The molecule has 3 nitrogen and oxygen atoms in total. The van der Waals surface area contributed by atoms with Crippen LogP contribution in [0.4, 0.5) is 0 Å². The van der Waals surface area contributed by atoms with Crippen LogP contribution in [-0.2, 0) is 0 Å². The summed E-state index contributed by atoms with van der Waals surface area (Å²) in [6.45, 7) is 3.41. The van der Waals surface area contributed by atoms with Gasteiger partial charge in [-0.05, 0) is 26.0 Å². The van der Waals surface area contributed by atoms with Crippen molar-refractivity contribution in [3.8, 4) is 11.3 Å². The molecular formula is C13H12N2O. The minimum absolute atomic E-state index is 0.0626. The maximum atomic E-state index is 11.3. The largest absolute Gasteiger partial charge is 0.295 e. The van der Waals surface area contributed by atoms with Crippen molar-refractivity contribution in [3.05, 3.63) is 47.9 Å².